The number of benzene rings is 1. The van der Waals surface area contributed by atoms with Crippen LogP contribution in [0.2, 0.25) is 0 Å². The van der Waals surface area contributed by atoms with Crippen LogP contribution >= 0.6 is 0 Å². The highest BCUT2D eigenvalue weighted by Crippen LogP contribution is 2.23. The summed E-state index contributed by atoms with van der Waals surface area (Å²) in [7, 11) is 0. The molecule has 2 fully saturated rings. The Hall–Kier alpha value is -2.65. The molecule has 0 saturated carbocycles. The van der Waals surface area contributed by atoms with E-state index in [0.29, 0.717) is 25.2 Å². The first kappa shape index (κ1) is 23.0. The number of ether oxygens (including phenoxy) is 3. The topological polar surface area (TPSA) is 118 Å². The summed E-state index contributed by atoms with van der Waals surface area (Å²) in [6.45, 7) is 8.08. The van der Waals surface area contributed by atoms with Crippen molar-refractivity contribution in [2.24, 2.45) is 5.73 Å². The molecule has 0 bridgehead atoms. The number of hydrogen-bond donors (Lipinski definition) is 2. The van der Waals surface area contributed by atoms with Gasteiger partial charge in [0.1, 0.15) is 24.1 Å². The summed E-state index contributed by atoms with van der Waals surface area (Å²) in [6, 6.07) is 6.97. The lowest BCUT2D eigenvalue weighted by Gasteiger charge is -2.33. The number of cyclic esters (lactones) is 1. The van der Waals surface area contributed by atoms with Crippen molar-refractivity contribution in [3.8, 4) is 0 Å². The van der Waals surface area contributed by atoms with Crippen molar-refractivity contribution >= 4 is 23.6 Å². The summed E-state index contributed by atoms with van der Waals surface area (Å²) in [5.74, 6) is -0.372. The molecule has 2 aliphatic rings. The number of nitrogen functional groups attached to an aromatic ring is 1. The van der Waals surface area contributed by atoms with E-state index >= 15 is 0 Å². The van der Waals surface area contributed by atoms with Gasteiger partial charge in [-0.2, -0.15) is 0 Å². The van der Waals surface area contributed by atoms with Crippen molar-refractivity contribution in [3.63, 3.8) is 0 Å². The zero-order valence-electron chi connectivity index (χ0n) is 18.4. The Labute approximate surface area is 182 Å². The van der Waals surface area contributed by atoms with E-state index in [-0.39, 0.29) is 36.7 Å². The van der Waals surface area contributed by atoms with Crippen LogP contribution in [0.25, 0.3) is 0 Å². The van der Waals surface area contributed by atoms with Crippen molar-refractivity contribution in [2.45, 2.75) is 51.4 Å². The summed E-state index contributed by atoms with van der Waals surface area (Å²) in [4.78, 5) is 28.0. The van der Waals surface area contributed by atoms with Gasteiger partial charge in [-0.25, -0.2) is 9.59 Å². The standard InChI is InChI=1S/C22H32N4O5/c1-22(2,3)31-19(27)14-29-17-5-4-10-25(11-17)12-18-13-26(21(28)30-18)16-8-6-15(7-9-16)20(23)24/h6-9,17-18H,4-5,10-14H2,1-3H3,(H3,23,24). The monoisotopic (exact) mass is 432 g/mol. The number of carbonyl (C=O) groups excluding carboxylic acids is 2. The number of amides is 1. The number of piperidine rings is 1. The van der Waals surface area contributed by atoms with Crippen molar-refractivity contribution in [2.75, 3.05) is 37.7 Å². The number of amidine groups is 1. The van der Waals surface area contributed by atoms with Gasteiger partial charge in [-0.05, 0) is 64.4 Å². The highest BCUT2D eigenvalue weighted by molar-refractivity contribution is 5.96. The highest BCUT2D eigenvalue weighted by Gasteiger charge is 2.34. The van der Waals surface area contributed by atoms with Gasteiger partial charge in [-0.1, -0.05) is 0 Å². The molecule has 3 N–H and O–H groups in total. The molecule has 0 spiro atoms. The van der Waals surface area contributed by atoms with Crippen LogP contribution < -0.4 is 10.6 Å². The second-order valence-corrected chi connectivity index (χ2v) is 9.00. The molecule has 0 aromatic heterocycles. The van der Waals surface area contributed by atoms with Crippen LogP contribution in [0.15, 0.2) is 24.3 Å². The summed E-state index contributed by atoms with van der Waals surface area (Å²) >= 11 is 0. The molecule has 2 unspecified atom stereocenters. The van der Waals surface area contributed by atoms with Crippen LogP contribution in [0.4, 0.5) is 10.5 Å². The average molecular weight is 433 g/mol. The number of nitrogens with two attached hydrogens (primary N) is 1. The maximum Gasteiger partial charge on any atom is 0.414 e. The van der Waals surface area contributed by atoms with Gasteiger partial charge in [0, 0.05) is 24.3 Å². The van der Waals surface area contributed by atoms with E-state index in [4.69, 9.17) is 25.4 Å². The van der Waals surface area contributed by atoms with Crippen LogP contribution in [0.1, 0.15) is 39.2 Å². The third-order valence-corrected chi connectivity index (χ3v) is 5.15. The molecule has 1 aromatic rings. The number of rotatable bonds is 7. The Balaban J connectivity index is 1.48. The predicted octanol–water partition coefficient (Wildman–Crippen LogP) is 2.12. The van der Waals surface area contributed by atoms with Gasteiger partial charge in [0.25, 0.3) is 0 Å². The SMILES string of the molecule is CC(C)(C)OC(=O)COC1CCCN(CC2CN(c3ccc(C(=N)N)cc3)C(=O)O2)C1. The number of hydrogen-bond acceptors (Lipinski definition) is 7. The lowest BCUT2D eigenvalue weighted by atomic mass is 10.1. The Morgan fingerprint density at radius 2 is 1.97 bits per heavy atom. The molecular weight excluding hydrogens is 400 g/mol. The number of anilines is 1. The van der Waals surface area contributed by atoms with Crippen LogP contribution in [-0.4, -0.2) is 73.4 Å². The van der Waals surface area contributed by atoms with Crippen molar-refractivity contribution in [1.29, 1.82) is 5.41 Å². The highest BCUT2D eigenvalue weighted by atomic mass is 16.6. The summed E-state index contributed by atoms with van der Waals surface area (Å²) in [6.07, 6.45) is 1.17. The first-order chi connectivity index (χ1) is 14.6. The second kappa shape index (κ2) is 9.65. The third-order valence-electron chi connectivity index (χ3n) is 5.15. The number of esters is 1. The first-order valence-electron chi connectivity index (χ1n) is 10.6. The van der Waals surface area contributed by atoms with Crippen molar-refractivity contribution in [1.82, 2.24) is 4.90 Å². The number of nitrogens with zero attached hydrogens (tertiary/aromatic N) is 2. The van der Waals surface area contributed by atoms with Gasteiger partial charge in [-0.15, -0.1) is 0 Å². The fourth-order valence-electron chi connectivity index (χ4n) is 3.81. The minimum atomic E-state index is -0.524. The number of carbonyl (C=O) groups is 2. The zero-order chi connectivity index (χ0) is 22.6. The van der Waals surface area contributed by atoms with E-state index in [2.05, 4.69) is 4.90 Å². The van der Waals surface area contributed by atoms with E-state index in [1.165, 1.54) is 0 Å². The molecule has 9 heteroatoms. The van der Waals surface area contributed by atoms with Crippen LogP contribution in [0, 0.1) is 5.41 Å². The lowest BCUT2D eigenvalue weighted by molar-refractivity contribution is -0.163. The molecular formula is C22H32N4O5. The molecule has 2 saturated heterocycles. The summed E-state index contributed by atoms with van der Waals surface area (Å²) < 4.78 is 16.6. The molecule has 0 aliphatic carbocycles. The van der Waals surface area contributed by atoms with Gasteiger partial charge in [0.15, 0.2) is 0 Å². The second-order valence-electron chi connectivity index (χ2n) is 9.00. The van der Waals surface area contributed by atoms with Gasteiger partial charge in [-0.3, -0.25) is 15.2 Å². The van der Waals surface area contributed by atoms with Crippen LogP contribution in [0.3, 0.4) is 0 Å². The molecule has 2 aliphatic heterocycles. The Morgan fingerprint density at radius 1 is 1.26 bits per heavy atom. The van der Waals surface area contributed by atoms with E-state index in [0.717, 1.165) is 25.1 Å². The molecule has 31 heavy (non-hydrogen) atoms. The van der Waals surface area contributed by atoms with Gasteiger partial charge in [0.2, 0.25) is 0 Å². The van der Waals surface area contributed by atoms with Crippen molar-refractivity contribution < 1.29 is 23.8 Å². The van der Waals surface area contributed by atoms with E-state index in [1.807, 2.05) is 20.8 Å². The van der Waals surface area contributed by atoms with Gasteiger partial charge in [0.05, 0.1) is 12.6 Å². The fraction of sp³-hybridized carbons (Fsp3) is 0.591. The Kier molecular flexibility index (Phi) is 7.17. The van der Waals surface area contributed by atoms with Gasteiger partial charge >= 0.3 is 12.1 Å². The third kappa shape index (κ3) is 6.67. The fourth-order valence-corrected chi connectivity index (χ4v) is 3.81. The molecule has 2 heterocycles. The molecule has 1 aromatic carbocycles. The summed E-state index contributed by atoms with van der Waals surface area (Å²) in [5.41, 5.74) is 6.29. The zero-order valence-corrected chi connectivity index (χ0v) is 18.4. The number of likely N-dealkylation sites (tertiary alicyclic amines) is 1. The molecule has 3 rings (SSSR count). The Morgan fingerprint density at radius 3 is 2.61 bits per heavy atom. The largest absolute Gasteiger partial charge is 0.458 e. The molecule has 9 nitrogen and oxygen atoms in total. The maximum atomic E-state index is 12.3. The molecule has 2 atom stereocenters. The van der Waals surface area contributed by atoms with Crippen LogP contribution in [0.5, 0.6) is 0 Å². The quantitative estimate of drug-likeness (QED) is 0.385. The van der Waals surface area contributed by atoms with E-state index in [9.17, 15) is 9.59 Å². The first-order valence-corrected chi connectivity index (χ1v) is 10.6. The smallest absolute Gasteiger partial charge is 0.414 e. The summed E-state index contributed by atoms with van der Waals surface area (Å²) in [5, 5.41) is 7.47. The molecule has 170 valence electrons. The van der Waals surface area contributed by atoms with E-state index in [1.54, 1.807) is 29.2 Å². The molecule has 1 amide bonds. The average Bonchev–Trinajstić information content (AvgIpc) is 3.05. The maximum absolute atomic E-state index is 12.3. The molecule has 0 radical (unpaired) electrons. The minimum absolute atomic E-state index is 0.0121. The lowest BCUT2D eigenvalue weighted by Crippen LogP contribution is -2.44. The predicted molar refractivity (Wildman–Crippen MR) is 116 cm³/mol. The minimum Gasteiger partial charge on any atom is -0.458 e. The normalized spacial score (nSPS) is 22.3. The van der Waals surface area contributed by atoms with E-state index < -0.39 is 5.60 Å². The van der Waals surface area contributed by atoms with Crippen LogP contribution in [-0.2, 0) is 19.0 Å². The van der Waals surface area contributed by atoms with Crippen molar-refractivity contribution in [3.05, 3.63) is 29.8 Å². The van der Waals surface area contributed by atoms with Gasteiger partial charge < -0.3 is 19.9 Å². The Bertz CT molecular complexity index is 805. The number of nitrogens with one attached hydrogen (secondary N) is 1.